The average molecular weight is 318 g/mol. The van der Waals surface area contributed by atoms with E-state index in [9.17, 15) is 0 Å². The van der Waals surface area contributed by atoms with Crippen LogP contribution in [0.4, 0.5) is 0 Å². The normalized spacial score (nSPS) is 11.1. The molecule has 0 atom stereocenters. The zero-order valence-electron chi connectivity index (χ0n) is 16.3. The molecule has 0 aliphatic carbocycles. The minimum absolute atomic E-state index is 0.562. The van der Waals surface area contributed by atoms with Crippen LogP contribution in [0.5, 0.6) is 0 Å². The molecule has 0 unspecified atom stereocenters. The first kappa shape index (κ1) is 23.7. The van der Waals surface area contributed by atoms with Gasteiger partial charge in [-0.2, -0.15) is 0 Å². The smallest absolute Gasteiger partial charge is 0.0594 e. The summed E-state index contributed by atoms with van der Waals surface area (Å²) in [6.45, 7) is 13.8. The molecular weight excluding hydrogens is 271 g/mol. The summed E-state index contributed by atoms with van der Waals surface area (Å²) in [5.41, 5.74) is 0. The van der Waals surface area contributed by atoms with Gasteiger partial charge < -0.3 is 0 Å². The lowest BCUT2D eigenvalue weighted by molar-refractivity contribution is 0.814. The maximum absolute atomic E-state index is 2.36. The van der Waals surface area contributed by atoms with Gasteiger partial charge in [-0.1, -0.05) is 80.1 Å². The van der Waals surface area contributed by atoms with E-state index in [1.165, 1.54) is 64.2 Å². The van der Waals surface area contributed by atoms with Crippen LogP contribution in [0.15, 0.2) is 0 Å². The molecule has 0 heterocycles. The molecule has 0 aromatic carbocycles. The van der Waals surface area contributed by atoms with E-state index < -0.39 is 7.26 Å². The predicted octanol–water partition coefficient (Wildman–Crippen LogP) is 8.01. The maximum atomic E-state index is 2.36. The molecule has 0 radical (unpaired) electrons. The van der Waals surface area contributed by atoms with E-state index in [-0.39, 0.29) is 0 Å². The lowest BCUT2D eigenvalue weighted by atomic mass is 10.4. The molecule has 0 fully saturated rings. The highest BCUT2D eigenvalue weighted by Gasteiger charge is 2.34. The van der Waals surface area contributed by atoms with Crippen molar-refractivity contribution in [3.63, 3.8) is 0 Å². The minimum Gasteiger partial charge on any atom is -0.0654 e. The van der Waals surface area contributed by atoms with Crippen LogP contribution in [0.25, 0.3) is 0 Å². The van der Waals surface area contributed by atoms with Crippen molar-refractivity contribution in [3.05, 3.63) is 0 Å². The molecule has 0 spiro atoms. The second-order valence-electron chi connectivity index (χ2n) is 6.65. The van der Waals surface area contributed by atoms with E-state index in [1.54, 1.807) is 24.6 Å². The average Bonchev–Trinajstić information content (AvgIpc) is 2.53. The Kier molecular flexibility index (Phi) is 20.8. The van der Waals surface area contributed by atoms with Crippen LogP contribution in [-0.4, -0.2) is 24.6 Å². The molecule has 0 bridgehead atoms. The Morgan fingerprint density at radius 2 is 0.619 bits per heavy atom. The summed E-state index contributed by atoms with van der Waals surface area (Å²) in [6, 6.07) is 0. The molecule has 0 aromatic rings. The molecule has 0 aliphatic heterocycles. The van der Waals surface area contributed by atoms with Gasteiger partial charge in [0.15, 0.2) is 0 Å². The van der Waals surface area contributed by atoms with Crippen molar-refractivity contribution in [3.8, 4) is 0 Å². The van der Waals surface area contributed by atoms with Crippen molar-refractivity contribution in [2.75, 3.05) is 24.6 Å². The Labute approximate surface area is 138 Å². The largest absolute Gasteiger partial charge is 0.0654 e. The molecule has 0 amide bonds. The molecule has 21 heavy (non-hydrogen) atoms. The highest BCUT2D eigenvalue weighted by Crippen LogP contribution is 2.61. The van der Waals surface area contributed by atoms with Gasteiger partial charge in [0.25, 0.3) is 0 Å². The zero-order valence-corrected chi connectivity index (χ0v) is 17.2. The second kappa shape index (κ2) is 18.5. The fourth-order valence-corrected chi connectivity index (χ4v) is 7.93. The quantitative estimate of drug-likeness (QED) is 0.302. The Balaban J connectivity index is 0. The SMILES string of the molecule is CCCC.CCCC[P+](CCCC)(CCCC)CCCC. The van der Waals surface area contributed by atoms with E-state index in [2.05, 4.69) is 41.5 Å². The van der Waals surface area contributed by atoms with Gasteiger partial charge in [0.05, 0.1) is 24.6 Å². The van der Waals surface area contributed by atoms with Gasteiger partial charge in [-0.3, -0.25) is 0 Å². The van der Waals surface area contributed by atoms with Crippen molar-refractivity contribution in [1.29, 1.82) is 0 Å². The lowest BCUT2D eigenvalue weighted by Gasteiger charge is -2.28. The number of hydrogen-bond acceptors (Lipinski definition) is 0. The number of unbranched alkanes of at least 4 members (excludes halogenated alkanes) is 5. The van der Waals surface area contributed by atoms with Gasteiger partial charge in [-0.25, -0.2) is 0 Å². The van der Waals surface area contributed by atoms with E-state index in [0.717, 1.165) is 0 Å². The van der Waals surface area contributed by atoms with Crippen molar-refractivity contribution in [1.82, 2.24) is 0 Å². The van der Waals surface area contributed by atoms with Crippen LogP contribution in [0, 0.1) is 0 Å². The van der Waals surface area contributed by atoms with Gasteiger partial charge in [0.2, 0.25) is 0 Å². The van der Waals surface area contributed by atoms with Crippen molar-refractivity contribution in [2.45, 2.75) is 106 Å². The minimum atomic E-state index is -0.562. The summed E-state index contributed by atoms with van der Waals surface area (Å²) in [5, 5.41) is 0. The molecule has 0 rings (SSSR count). The topological polar surface area (TPSA) is 0 Å². The Morgan fingerprint density at radius 1 is 0.381 bits per heavy atom. The van der Waals surface area contributed by atoms with Crippen molar-refractivity contribution < 1.29 is 0 Å². The Bertz CT molecular complexity index is 137. The van der Waals surface area contributed by atoms with E-state index in [1.807, 2.05) is 0 Å². The molecule has 1 heteroatoms. The summed E-state index contributed by atoms with van der Waals surface area (Å²) < 4.78 is 0. The van der Waals surface area contributed by atoms with Crippen LogP contribution in [0.2, 0.25) is 0 Å². The second-order valence-corrected chi connectivity index (χ2v) is 11.1. The lowest BCUT2D eigenvalue weighted by Crippen LogP contribution is -2.12. The van der Waals surface area contributed by atoms with Gasteiger partial charge in [-0.15, -0.1) is 0 Å². The molecule has 0 saturated carbocycles. The molecule has 0 aliphatic rings. The van der Waals surface area contributed by atoms with Gasteiger partial charge >= 0.3 is 0 Å². The van der Waals surface area contributed by atoms with Crippen LogP contribution >= 0.6 is 7.26 Å². The van der Waals surface area contributed by atoms with E-state index in [0.29, 0.717) is 0 Å². The zero-order chi connectivity index (χ0) is 16.4. The molecule has 0 nitrogen and oxygen atoms in total. The third kappa shape index (κ3) is 15.1. The maximum Gasteiger partial charge on any atom is 0.0594 e. The fourth-order valence-electron chi connectivity index (χ4n) is 2.64. The fraction of sp³-hybridized carbons (Fsp3) is 1.00. The molecule has 0 N–H and O–H groups in total. The van der Waals surface area contributed by atoms with Crippen molar-refractivity contribution >= 4 is 7.26 Å². The summed E-state index contributed by atoms with van der Waals surface area (Å²) in [6.07, 6.45) is 20.6. The van der Waals surface area contributed by atoms with Crippen molar-refractivity contribution in [2.24, 2.45) is 0 Å². The monoisotopic (exact) mass is 317 g/mol. The Hall–Kier alpha value is 0.430. The van der Waals surface area contributed by atoms with Gasteiger partial charge in [0.1, 0.15) is 0 Å². The van der Waals surface area contributed by atoms with Crippen LogP contribution in [-0.2, 0) is 0 Å². The highest BCUT2D eigenvalue weighted by molar-refractivity contribution is 7.75. The summed E-state index contributed by atoms with van der Waals surface area (Å²) in [4.78, 5) is 0. The molecular formula is C20H46P+. The predicted molar refractivity (Wildman–Crippen MR) is 107 cm³/mol. The highest BCUT2D eigenvalue weighted by atomic mass is 31.2. The first-order valence-electron chi connectivity index (χ1n) is 10.0. The standard InChI is InChI=1S/C16H36P.C4H10/c1-5-9-13-17(14-10-6-2,15-11-7-3)16-12-8-4;1-3-4-2/h5-16H2,1-4H3;3-4H2,1-2H3/q+1;. The molecule has 0 aromatic heterocycles. The van der Waals surface area contributed by atoms with Crippen LogP contribution in [0.1, 0.15) is 106 Å². The van der Waals surface area contributed by atoms with Crippen LogP contribution < -0.4 is 0 Å². The third-order valence-corrected chi connectivity index (χ3v) is 9.50. The summed E-state index contributed by atoms with van der Waals surface area (Å²) in [7, 11) is -0.562. The van der Waals surface area contributed by atoms with E-state index >= 15 is 0 Å². The third-order valence-electron chi connectivity index (χ3n) is 4.44. The first-order valence-corrected chi connectivity index (χ1v) is 12.5. The molecule has 130 valence electrons. The van der Waals surface area contributed by atoms with Gasteiger partial charge in [-0.05, 0) is 25.7 Å². The number of rotatable bonds is 13. The Morgan fingerprint density at radius 3 is 0.762 bits per heavy atom. The summed E-state index contributed by atoms with van der Waals surface area (Å²) in [5.74, 6) is 0. The molecule has 0 saturated heterocycles. The number of hydrogen-bond donors (Lipinski definition) is 0. The summed E-state index contributed by atoms with van der Waals surface area (Å²) >= 11 is 0. The van der Waals surface area contributed by atoms with Crippen LogP contribution in [0.3, 0.4) is 0 Å². The van der Waals surface area contributed by atoms with E-state index in [4.69, 9.17) is 0 Å². The first-order chi connectivity index (χ1) is 10.2. The van der Waals surface area contributed by atoms with Gasteiger partial charge in [0, 0.05) is 7.26 Å².